The number of amides is 2. The summed E-state index contributed by atoms with van der Waals surface area (Å²) in [6.07, 6.45) is 4.58. The van der Waals surface area contributed by atoms with E-state index in [1.165, 1.54) is 11.1 Å². The molecule has 2 amide bonds. The van der Waals surface area contributed by atoms with Crippen molar-refractivity contribution in [3.05, 3.63) is 58.9 Å². The summed E-state index contributed by atoms with van der Waals surface area (Å²) in [7, 11) is 2.10. The van der Waals surface area contributed by atoms with Gasteiger partial charge in [-0.15, -0.1) is 0 Å². The Morgan fingerprint density at radius 3 is 2.56 bits per heavy atom. The van der Waals surface area contributed by atoms with Crippen LogP contribution in [0.2, 0.25) is 0 Å². The minimum Gasteiger partial charge on any atom is -0.465 e. The van der Waals surface area contributed by atoms with Gasteiger partial charge in [0.05, 0.1) is 17.8 Å². The summed E-state index contributed by atoms with van der Waals surface area (Å²) in [4.78, 5) is 37.6. The van der Waals surface area contributed by atoms with Crippen LogP contribution in [0.3, 0.4) is 0 Å². The number of fused-ring (bicyclic) bond motifs is 2. The van der Waals surface area contributed by atoms with Crippen LogP contribution in [-0.4, -0.2) is 88.4 Å². The van der Waals surface area contributed by atoms with Gasteiger partial charge in [0.25, 0.3) is 0 Å². The Bertz CT molecular complexity index is 1200. The van der Waals surface area contributed by atoms with E-state index in [9.17, 15) is 14.7 Å². The lowest BCUT2D eigenvalue weighted by Gasteiger charge is -2.42. The molecule has 1 saturated heterocycles. The van der Waals surface area contributed by atoms with E-state index in [0.29, 0.717) is 45.7 Å². The lowest BCUT2D eigenvalue weighted by Crippen LogP contribution is -2.52. The maximum atomic E-state index is 12.6. The van der Waals surface area contributed by atoms with Gasteiger partial charge in [-0.2, -0.15) is 0 Å². The van der Waals surface area contributed by atoms with Gasteiger partial charge in [0, 0.05) is 51.2 Å². The Kier molecular flexibility index (Phi) is 7.71. The zero-order valence-electron chi connectivity index (χ0n) is 23.6. The van der Waals surface area contributed by atoms with E-state index in [1.54, 1.807) is 9.80 Å². The molecule has 1 aromatic carbocycles. The molecule has 9 nitrogen and oxygen atoms in total. The molecule has 1 aliphatic carbocycles. The van der Waals surface area contributed by atoms with Crippen LogP contribution >= 0.6 is 0 Å². The smallest absolute Gasteiger partial charge is 0.410 e. The number of aryl methyl sites for hydroxylation is 1. The quantitative estimate of drug-likeness (QED) is 0.614. The highest BCUT2D eigenvalue weighted by atomic mass is 16.6. The van der Waals surface area contributed by atoms with Crippen LogP contribution in [0.25, 0.3) is 0 Å². The molecule has 210 valence electrons. The number of aromatic nitrogens is 1. The Morgan fingerprint density at radius 2 is 1.85 bits per heavy atom. The van der Waals surface area contributed by atoms with Gasteiger partial charge in [0.15, 0.2) is 0 Å². The Hall–Kier alpha value is -3.33. The number of carboxylic acid groups (broad SMARTS) is 1. The molecular weight excluding hydrogens is 494 g/mol. The highest BCUT2D eigenvalue weighted by Crippen LogP contribution is 2.35. The van der Waals surface area contributed by atoms with E-state index in [2.05, 4.69) is 29.0 Å². The average molecular weight is 536 g/mol. The van der Waals surface area contributed by atoms with E-state index in [4.69, 9.17) is 9.72 Å². The first kappa shape index (κ1) is 27.2. The Morgan fingerprint density at radius 1 is 1.10 bits per heavy atom. The number of benzene rings is 1. The molecule has 1 fully saturated rings. The van der Waals surface area contributed by atoms with Crippen molar-refractivity contribution in [1.29, 1.82) is 0 Å². The van der Waals surface area contributed by atoms with Crippen molar-refractivity contribution in [3.63, 3.8) is 0 Å². The fourth-order valence-corrected chi connectivity index (χ4v) is 6.28. The Balaban J connectivity index is 1.32. The van der Waals surface area contributed by atoms with Gasteiger partial charge in [-0.1, -0.05) is 18.2 Å². The number of pyridine rings is 1. The number of carbonyl (C=O) groups is 2. The third-order valence-electron chi connectivity index (χ3n) is 8.18. The summed E-state index contributed by atoms with van der Waals surface area (Å²) in [5.41, 5.74) is 5.36. The van der Waals surface area contributed by atoms with Crippen molar-refractivity contribution in [2.75, 3.05) is 44.7 Å². The average Bonchev–Trinajstić information content (AvgIpc) is 2.91. The normalized spacial score (nSPS) is 21.4. The van der Waals surface area contributed by atoms with E-state index in [0.717, 1.165) is 36.2 Å². The Labute approximate surface area is 231 Å². The summed E-state index contributed by atoms with van der Waals surface area (Å²) in [5, 5.41) is 10.1. The second-order valence-electron chi connectivity index (χ2n) is 12.0. The number of piperazine rings is 1. The molecule has 3 aliphatic rings. The number of anilines is 1. The fourth-order valence-electron chi connectivity index (χ4n) is 6.28. The maximum absolute atomic E-state index is 12.6. The standard InChI is InChI=1S/C30H41N5O4/c1-30(2,3)39-29(38)34-16-14-33(15-17-34)25-11-6-9-22-19-35(28(36)37)23(18-24(22)25)20-32(4)26-12-5-8-21-10-7-13-31-27(21)26/h6-7,9-11,13,23,26H,5,8,12,14-20H2,1-4H3,(H,36,37). The van der Waals surface area contributed by atoms with Crippen molar-refractivity contribution >= 4 is 17.9 Å². The number of rotatable bonds is 4. The molecule has 1 N–H and O–H groups in total. The highest BCUT2D eigenvalue weighted by molar-refractivity contribution is 5.70. The molecule has 3 heterocycles. The molecule has 0 saturated carbocycles. The number of nitrogens with zero attached hydrogens (tertiary/aromatic N) is 5. The van der Waals surface area contributed by atoms with Gasteiger partial charge in [-0.3, -0.25) is 14.8 Å². The first-order valence-corrected chi connectivity index (χ1v) is 14.1. The molecule has 2 aliphatic heterocycles. The molecule has 5 rings (SSSR count). The van der Waals surface area contributed by atoms with Crippen LogP contribution in [0.1, 0.15) is 62.0 Å². The molecule has 2 aromatic rings. The second kappa shape index (κ2) is 11.0. The van der Waals surface area contributed by atoms with E-state index < -0.39 is 11.7 Å². The number of hydrogen-bond acceptors (Lipinski definition) is 6. The maximum Gasteiger partial charge on any atom is 0.410 e. The second-order valence-corrected chi connectivity index (χ2v) is 12.0. The molecule has 0 bridgehead atoms. The zero-order valence-corrected chi connectivity index (χ0v) is 23.6. The minimum absolute atomic E-state index is 0.154. The summed E-state index contributed by atoms with van der Waals surface area (Å²) in [5.74, 6) is 0. The number of hydrogen-bond donors (Lipinski definition) is 1. The highest BCUT2D eigenvalue weighted by Gasteiger charge is 2.35. The number of likely N-dealkylation sites (N-methyl/N-ethyl adjacent to an activating group) is 1. The van der Waals surface area contributed by atoms with Gasteiger partial charge in [-0.25, -0.2) is 9.59 Å². The largest absolute Gasteiger partial charge is 0.465 e. The van der Waals surface area contributed by atoms with Crippen LogP contribution in [0.5, 0.6) is 0 Å². The van der Waals surface area contributed by atoms with Crippen LogP contribution < -0.4 is 4.90 Å². The van der Waals surface area contributed by atoms with Crippen molar-refractivity contribution in [3.8, 4) is 0 Å². The molecule has 0 radical (unpaired) electrons. The molecule has 2 atom stereocenters. The third kappa shape index (κ3) is 5.98. The molecular formula is C30H41N5O4. The first-order chi connectivity index (χ1) is 18.6. The molecule has 39 heavy (non-hydrogen) atoms. The predicted octanol–water partition coefficient (Wildman–Crippen LogP) is 4.55. The van der Waals surface area contributed by atoms with Gasteiger partial charge in [-0.05, 0) is 82.3 Å². The SMILES string of the molecule is CN(CC1Cc2c(cccc2N2CCN(C(=O)OC(C)(C)C)CC2)CN1C(=O)O)C1CCCc2cccnc21. The van der Waals surface area contributed by atoms with Crippen molar-refractivity contribution in [2.24, 2.45) is 0 Å². The monoisotopic (exact) mass is 535 g/mol. The van der Waals surface area contributed by atoms with Crippen molar-refractivity contribution in [2.45, 2.75) is 70.7 Å². The van der Waals surface area contributed by atoms with Crippen molar-refractivity contribution < 1.29 is 19.4 Å². The summed E-state index contributed by atoms with van der Waals surface area (Å²) in [6.45, 7) is 9.31. The summed E-state index contributed by atoms with van der Waals surface area (Å²) >= 11 is 0. The minimum atomic E-state index is -0.877. The third-order valence-corrected chi connectivity index (χ3v) is 8.18. The van der Waals surface area contributed by atoms with Gasteiger partial charge in [0.1, 0.15) is 5.60 Å². The topological polar surface area (TPSA) is 89.5 Å². The first-order valence-electron chi connectivity index (χ1n) is 14.1. The van der Waals surface area contributed by atoms with Crippen molar-refractivity contribution in [1.82, 2.24) is 19.7 Å². The molecule has 2 unspecified atom stereocenters. The summed E-state index contributed by atoms with van der Waals surface area (Å²) in [6, 6.07) is 10.4. The molecule has 9 heteroatoms. The van der Waals surface area contributed by atoms with Gasteiger partial charge >= 0.3 is 12.2 Å². The van der Waals surface area contributed by atoms with Crippen LogP contribution in [0.15, 0.2) is 36.5 Å². The van der Waals surface area contributed by atoms with Crippen LogP contribution in [-0.2, 0) is 24.1 Å². The summed E-state index contributed by atoms with van der Waals surface area (Å²) < 4.78 is 5.56. The lowest BCUT2D eigenvalue weighted by atomic mass is 9.89. The van der Waals surface area contributed by atoms with E-state index in [-0.39, 0.29) is 18.2 Å². The molecule has 1 aromatic heterocycles. The fraction of sp³-hybridized carbons (Fsp3) is 0.567. The van der Waals surface area contributed by atoms with Gasteiger partial charge < -0.3 is 19.6 Å². The van der Waals surface area contributed by atoms with Crippen LogP contribution in [0.4, 0.5) is 15.3 Å². The predicted molar refractivity (Wildman–Crippen MR) is 150 cm³/mol. The van der Waals surface area contributed by atoms with E-state index >= 15 is 0 Å². The van der Waals surface area contributed by atoms with Crippen LogP contribution in [0, 0.1) is 0 Å². The van der Waals surface area contributed by atoms with E-state index in [1.807, 2.05) is 45.2 Å². The molecule has 0 spiro atoms. The van der Waals surface area contributed by atoms with Gasteiger partial charge in [0.2, 0.25) is 0 Å². The zero-order chi connectivity index (χ0) is 27.7. The lowest BCUT2D eigenvalue weighted by molar-refractivity contribution is 0.0240. The number of carbonyl (C=O) groups excluding carboxylic acids is 1. The number of ether oxygens (including phenoxy) is 1.